The zero-order chi connectivity index (χ0) is 43.6. The number of anilines is 3. The predicted molar refractivity (Wildman–Crippen MR) is 282 cm³/mol. The highest BCUT2D eigenvalue weighted by Crippen LogP contribution is 2.47. The van der Waals surface area contributed by atoms with Crippen molar-refractivity contribution in [3.63, 3.8) is 0 Å². The number of nitrogens with zero attached hydrogens (tertiary/aromatic N) is 2. The summed E-state index contributed by atoms with van der Waals surface area (Å²) >= 11 is 0. The molecule has 2 nitrogen and oxygen atoms in total. The van der Waals surface area contributed by atoms with Gasteiger partial charge in [0, 0.05) is 27.8 Å². The molecule has 0 amide bonds. The molecule has 12 aromatic carbocycles. The molecule has 13 rings (SSSR count). The Morgan fingerprint density at radius 1 is 0.273 bits per heavy atom. The van der Waals surface area contributed by atoms with E-state index >= 15 is 0 Å². The summed E-state index contributed by atoms with van der Waals surface area (Å²) in [6, 6.07) is 93.3. The van der Waals surface area contributed by atoms with Gasteiger partial charge in [-0.05, 0) is 137 Å². The molecule has 0 fully saturated rings. The van der Waals surface area contributed by atoms with Crippen LogP contribution in [0.4, 0.5) is 17.1 Å². The Balaban J connectivity index is 1.02. The maximum Gasteiger partial charge on any atom is 0.0562 e. The van der Waals surface area contributed by atoms with Crippen LogP contribution in [0.1, 0.15) is 0 Å². The van der Waals surface area contributed by atoms with E-state index in [1.165, 1.54) is 92.7 Å². The molecule has 0 saturated heterocycles. The van der Waals surface area contributed by atoms with Crippen LogP contribution >= 0.6 is 0 Å². The zero-order valence-electron chi connectivity index (χ0n) is 36.1. The van der Waals surface area contributed by atoms with Crippen LogP contribution < -0.4 is 4.90 Å². The van der Waals surface area contributed by atoms with Crippen molar-refractivity contribution in [2.45, 2.75) is 0 Å². The maximum absolute atomic E-state index is 2.45. The van der Waals surface area contributed by atoms with E-state index in [0.717, 1.165) is 28.3 Å². The molecule has 0 bridgehead atoms. The summed E-state index contributed by atoms with van der Waals surface area (Å²) in [5, 5.41) is 12.4. The van der Waals surface area contributed by atoms with Crippen LogP contribution in [0.15, 0.2) is 255 Å². The van der Waals surface area contributed by atoms with Crippen LogP contribution in [0.3, 0.4) is 0 Å². The van der Waals surface area contributed by atoms with Gasteiger partial charge in [-0.1, -0.05) is 194 Å². The van der Waals surface area contributed by atoms with Crippen LogP contribution in [-0.2, 0) is 0 Å². The van der Waals surface area contributed by atoms with Crippen molar-refractivity contribution in [3.8, 4) is 39.1 Å². The Kier molecular flexibility index (Phi) is 8.89. The van der Waals surface area contributed by atoms with Crippen LogP contribution in [0.5, 0.6) is 0 Å². The third-order valence-corrected chi connectivity index (χ3v) is 13.5. The standard InChI is InChI=1S/C64H42N2/c1-4-18-45(19-5-1)62-56-26-13-12-25-54(56)55-39-35-47(42-58(55)63(62)46-20-6-2-7-21-46)43-33-36-50(37-34-43)65(51-38-40-53-48(41-51)32-31-44-17-10-11-24-52(44)53)60-29-16-30-61-64(60)57-27-14-15-28-59(57)66(61)49-22-8-3-9-23-49/h1-42H. The van der Waals surface area contributed by atoms with Gasteiger partial charge in [0.15, 0.2) is 0 Å². The first-order chi connectivity index (χ1) is 32.8. The maximum atomic E-state index is 2.45. The lowest BCUT2D eigenvalue weighted by atomic mass is 9.84. The fourth-order valence-electron chi connectivity index (χ4n) is 10.6. The van der Waals surface area contributed by atoms with Crippen molar-refractivity contribution in [1.82, 2.24) is 4.57 Å². The largest absolute Gasteiger partial charge is 0.310 e. The van der Waals surface area contributed by atoms with Crippen molar-refractivity contribution in [3.05, 3.63) is 255 Å². The lowest BCUT2D eigenvalue weighted by molar-refractivity contribution is 1.18. The third kappa shape index (κ3) is 6.11. The van der Waals surface area contributed by atoms with Crippen LogP contribution in [0.2, 0.25) is 0 Å². The Hall–Kier alpha value is -8.72. The van der Waals surface area contributed by atoms with E-state index < -0.39 is 0 Å². The number of hydrogen-bond donors (Lipinski definition) is 0. The average Bonchev–Trinajstić information content (AvgIpc) is 3.74. The van der Waals surface area contributed by atoms with Crippen LogP contribution in [0.25, 0.3) is 104 Å². The highest BCUT2D eigenvalue weighted by Gasteiger charge is 2.22. The van der Waals surface area contributed by atoms with Gasteiger partial charge in [0.1, 0.15) is 0 Å². The Bertz CT molecular complexity index is 3960. The number of hydrogen-bond acceptors (Lipinski definition) is 1. The molecule has 13 aromatic rings. The van der Waals surface area contributed by atoms with E-state index in [4.69, 9.17) is 0 Å². The summed E-state index contributed by atoms with van der Waals surface area (Å²) in [5.74, 6) is 0. The number of para-hydroxylation sites is 2. The van der Waals surface area contributed by atoms with Crippen molar-refractivity contribution in [1.29, 1.82) is 0 Å². The monoisotopic (exact) mass is 838 g/mol. The SMILES string of the molecule is c1ccc(-c2c(-c3ccccc3)c3cc(-c4ccc(N(c5ccc6c(ccc7ccccc76)c5)c5cccc6c5c5ccccc5n6-c5ccccc5)cc4)ccc3c3ccccc23)cc1. The summed E-state index contributed by atoms with van der Waals surface area (Å²) in [4.78, 5) is 2.45. The summed E-state index contributed by atoms with van der Waals surface area (Å²) in [7, 11) is 0. The topological polar surface area (TPSA) is 8.17 Å². The molecule has 0 saturated carbocycles. The molecule has 1 heterocycles. The van der Waals surface area contributed by atoms with Gasteiger partial charge in [-0.3, -0.25) is 0 Å². The molecule has 1 aromatic heterocycles. The van der Waals surface area contributed by atoms with E-state index in [-0.39, 0.29) is 0 Å². The van der Waals surface area contributed by atoms with Gasteiger partial charge < -0.3 is 9.47 Å². The Labute approximate surface area is 383 Å². The lowest BCUT2D eigenvalue weighted by Crippen LogP contribution is -2.10. The normalized spacial score (nSPS) is 11.6. The summed E-state index contributed by atoms with van der Waals surface area (Å²) < 4.78 is 2.40. The number of aromatic nitrogens is 1. The van der Waals surface area contributed by atoms with Crippen molar-refractivity contribution < 1.29 is 0 Å². The quantitative estimate of drug-likeness (QED) is 0.145. The molecular weight excluding hydrogens is 797 g/mol. The average molecular weight is 839 g/mol. The highest BCUT2D eigenvalue weighted by atomic mass is 15.1. The van der Waals surface area contributed by atoms with Gasteiger partial charge in [0.2, 0.25) is 0 Å². The first-order valence-corrected chi connectivity index (χ1v) is 22.8. The highest BCUT2D eigenvalue weighted by molar-refractivity contribution is 6.22. The van der Waals surface area contributed by atoms with Gasteiger partial charge in [-0.25, -0.2) is 0 Å². The molecule has 308 valence electrons. The lowest BCUT2D eigenvalue weighted by Gasteiger charge is -2.27. The number of rotatable bonds is 7. The van der Waals surface area contributed by atoms with E-state index in [1.54, 1.807) is 0 Å². The van der Waals surface area contributed by atoms with E-state index in [0.29, 0.717) is 0 Å². The van der Waals surface area contributed by atoms with Crippen LogP contribution in [-0.4, -0.2) is 4.57 Å². The summed E-state index contributed by atoms with van der Waals surface area (Å²) in [5.41, 5.74) is 14.1. The third-order valence-electron chi connectivity index (χ3n) is 13.5. The Morgan fingerprint density at radius 2 is 0.803 bits per heavy atom. The first-order valence-electron chi connectivity index (χ1n) is 22.8. The Morgan fingerprint density at radius 3 is 1.56 bits per heavy atom. The van der Waals surface area contributed by atoms with Gasteiger partial charge in [0.05, 0.1) is 16.7 Å². The first kappa shape index (κ1) is 37.8. The smallest absolute Gasteiger partial charge is 0.0562 e. The van der Waals surface area contributed by atoms with Gasteiger partial charge in [-0.2, -0.15) is 0 Å². The second kappa shape index (κ2) is 15.5. The number of fused-ring (bicyclic) bond motifs is 9. The van der Waals surface area contributed by atoms with Crippen LogP contribution in [0, 0.1) is 0 Å². The summed E-state index contributed by atoms with van der Waals surface area (Å²) in [6.07, 6.45) is 0. The van der Waals surface area contributed by atoms with Crippen molar-refractivity contribution in [2.75, 3.05) is 4.90 Å². The van der Waals surface area contributed by atoms with Gasteiger partial charge in [0.25, 0.3) is 0 Å². The summed E-state index contributed by atoms with van der Waals surface area (Å²) in [6.45, 7) is 0. The minimum atomic E-state index is 1.09. The minimum Gasteiger partial charge on any atom is -0.310 e. The molecule has 0 atom stereocenters. The van der Waals surface area contributed by atoms with E-state index in [9.17, 15) is 0 Å². The number of benzene rings is 12. The molecule has 0 aliphatic carbocycles. The van der Waals surface area contributed by atoms with Crippen molar-refractivity contribution >= 4 is 82.0 Å². The van der Waals surface area contributed by atoms with E-state index in [2.05, 4.69) is 264 Å². The van der Waals surface area contributed by atoms with Gasteiger partial charge >= 0.3 is 0 Å². The molecule has 0 aliphatic heterocycles. The zero-order valence-corrected chi connectivity index (χ0v) is 36.1. The minimum absolute atomic E-state index is 1.09. The molecule has 0 spiro atoms. The fourth-order valence-corrected chi connectivity index (χ4v) is 10.6. The molecule has 66 heavy (non-hydrogen) atoms. The van der Waals surface area contributed by atoms with Gasteiger partial charge in [-0.15, -0.1) is 0 Å². The molecule has 0 aliphatic rings. The fraction of sp³-hybridized carbons (Fsp3) is 0. The second-order valence-electron chi connectivity index (χ2n) is 17.2. The molecule has 0 N–H and O–H groups in total. The molecular formula is C64H42N2. The molecule has 0 radical (unpaired) electrons. The molecule has 2 heteroatoms. The second-order valence-corrected chi connectivity index (χ2v) is 17.2. The molecule has 0 unspecified atom stereocenters. The van der Waals surface area contributed by atoms with Crippen molar-refractivity contribution in [2.24, 2.45) is 0 Å². The van der Waals surface area contributed by atoms with E-state index in [1.807, 2.05) is 0 Å². The predicted octanol–water partition coefficient (Wildman–Crippen LogP) is 17.9.